The molecule has 11 nitrogen and oxygen atoms in total. The van der Waals surface area contributed by atoms with Gasteiger partial charge in [-0.2, -0.15) is 10.2 Å². The average Bonchev–Trinajstić information content (AvgIpc) is 3.70. The van der Waals surface area contributed by atoms with E-state index in [1.54, 1.807) is 0 Å². The number of anilines is 2. The number of ether oxygens (including phenoxy) is 2. The molecule has 1 atom stereocenters. The van der Waals surface area contributed by atoms with Gasteiger partial charge in [0.1, 0.15) is 6.73 Å². The molecule has 3 aromatic rings. The summed E-state index contributed by atoms with van der Waals surface area (Å²) in [5.41, 5.74) is 2.95. The highest BCUT2D eigenvalue weighted by Gasteiger charge is 2.30. The molecule has 5 heterocycles. The fourth-order valence-electron chi connectivity index (χ4n) is 5.64. The van der Waals surface area contributed by atoms with Crippen LogP contribution in [0.3, 0.4) is 0 Å². The molecule has 0 aliphatic carbocycles. The molecule has 0 unspecified atom stereocenters. The largest absolute Gasteiger partial charge is 0.379 e. The van der Waals surface area contributed by atoms with Crippen molar-refractivity contribution in [1.29, 1.82) is 0 Å². The van der Waals surface area contributed by atoms with Crippen molar-refractivity contribution in [1.82, 2.24) is 29.4 Å². The van der Waals surface area contributed by atoms with Crippen molar-refractivity contribution in [3.05, 3.63) is 30.2 Å². The molecule has 5 rings (SSSR count). The molecule has 2 fully saturated rings. The average molecular weight is 597 g/mol. The summed E-state index contributed by atoms with van der Waals surface area (Å²) >= 11 is 0. The van der Waals surface area contributed by atoms with Gasteiger partial charge in [0.15, 0.2) is 11.5 Å². The predicted octanol–water partition coefficient (Wildman–Crippen LogP) is 5.33. The van der Waals surface area contributed by atoms with E-state index < -0.39 is 8.07 Å². The van der Waals surface area contributed by atoms with Crippen LogP contribution in [-0.4, -0.2) is 89.5 Å². The van der Waals surface area contributed by atoms with Gasteiger partial charge in [0.05, 0.1) is 30.7 Å². The molecule has 2 amide bonds. The van der Waals surface area contributed by atoms with Gasteiger partial charge in [0.25, 0.3) is 0 Å². The number of hydrogen-bond donors (Lipinski definition) is 1. The summed E-state index contributed by atoms with van der Waals surface area (Å²) in [5, 5.41) is 13.4. The molecule has 0 aromatic carbocycles. The minimum absolute atomic E-state index is 0.0883. The standard InChI is InChI=1S/C30H48N8O3Si/c1-30(2,3)26-17-27(34-38(26)24-10-13-40-20-24)33-29(39)35(4)23-8-11-36(12-9-23)25-16-22-18-32-37(28(22)31-19-25)21-41-14-15-42(5,6)7/h16-19,23-24H,8-15,20-21H2,1-7H3,(H,33,34,39)/t24-/m1/s1. The van der Waals surface area contributed by atoms with Crippen molar-refractivity contribution in [2.24, 2.45) is 0 Å². The number of carbonyl (C=O) groups excluding carboxylic acids is 1. The Morgan fingerprint density at radius 2 is 1.93 bits per heavy atom. The topological polar surface area (TPSA) is 103 Å². The molecule has 0 saturated carbocycles. The van der Waals surface area contributed by atoms with Gasteiger partial charge in [0, 0.05) is 70.0 Å². The summed E-state index contributed by atoms with van der Waals surface area (Å²) < 4.78 is 15.4. The maximum atomic E-state index is 13.2. The van der Waals surface area contributed by atoms with Crippen LogP contribution in [0.1, 0.15) is 51.8 Å². The highest BCUT2D eigenvalue weighted by atomic mass is 28.3. The molecular weight excluding hydrogens is 548 g/mol. The zero-order chi connectivity index (χ0) is 30.1. The Bertz CT molecular complexity index is 1360. The highest BCUT2D eigenvalue weighted by molar-refractivity contribution is 6.76. The lowest BCUT2D eigenvalue weighted by Gasteiger charge is -2.37. The van der Waals surface area contributed by atoms with Crippen molar-refractivity contribution < 1.29 is 14.3 Å². The second-order valence-corrected chi connectivity index (χ2v) is 19.6. The second kappa shape index (κ2) is 12.3. The second-order valence-electron chi connectivity index (χ2n) is 14.0. The van der Waals surface area contributed by atoms with E-state index in [4.69, 9.17) is 19.6 Å². The zero-order valence-electron chi connectivity index (χ0n) is 26.4. The third-order valence-electron chi connectivity index (χ3n) is 8.36. The number of pyridine rings is 1. The summed E-state index contributed by atoms with van der Waals surface area (Å²) in [5.74, 6) is 0.600. The molecular formula is C30H48N8O3Si. The number of nitrogens with one attached hydrogen (secondary N) is 1. The molecule has 0 radical (unpaired) electrons. The van der Waals surface area contributed by atoms with E-state index >= 15 is 0 Å². The van der Waals surface area contributed by atoms with Crippen LogP contribution < -0.4 is 10.2 Å². The van der Waals surface area contributed by atoms with E-state index in [0.29, 0.717) is 19.2 Å². The minimum Gasteiger partial charge on any atom is -0.379 e. The van der Waals surface area contributed by atoms with Crippen LogP contribution in [0.25, 0.3) is 11.0 Å². The molecule has 2 aliphatic rings. The van der Waals surface area contributed by atoms with Gasteiger partial charge in [0.2, 0.25) is 0 Å². The number of fused-ring (bicyclic) bond motifs is 1. The minimum atomic E-state index is -1.12. The lowest BCUT2D eigenvalue weighted by Crippen LogP contribution is -2.47. The van der Waals surface area contributed by atoms with Crippen molar-refractivity contribution in [2.75, 3.05) is 50.2 Å². The van der Waals surface area contributed by atoms with Crippen molar-refractivity contribution in [3.63, 3.8) is 0 Å². The van der Waals surface area contributed by atoms with E-state index in [2.05, 4.69) is 66.5 Å². The van der Waals surface area contributed by atoms with Crippen LogP contribution in [-0.2, 0) is 21.6 Å². The van der Waals surface area contributed by atoms with E-state index in [1.165, 1.54) is 0 Å². The summed E-state index contributed by atoms with van der Waals surface area (Å²) in [6.45, 7) is 17.9. The lowest BCUT2D eigenvalue weighted by molar-refractivity contribution is 0.0813. The van der Waals surface area contributed by atoms with Gasteiger partial charge in [-0.1, -0.05) is 40.4 Å². The fraction of sp³-hybridized carbons (Fsp3) is 0.667. The number of urea groups is 1. The maximum absolute atomic E-state index is 13.2. The maximum Gasteiger partial charge on any atom is 0.323 e. The van der Waals surface area contributed by atoms with Gasteiger partial charge in [-0.15, -0.1) is 0 Å². The molecule has 1 N–H and O–H groups in total. The van der Waals surface area contributed by atoms with E-state index in [1.807, 2.05) is 35.1 Å². The van der Waals surface area contributed by atoms with Crippen molar-refractivity contribution in [3.8, 4) is 0 Å². The van der Waals surface area contributed by atoms with E-state index in [0.717, 1.165) is 74.0 Å². The molecule has 2 saturated heterocycles. The zero-order valence-corrected chi connectivity index (χ0v) is 27.4. The Labute approximate surface area is 250 Å². The van der Waals surface area contributed by atoms with E-state index in [9.17, 15) is 4.79 Å². The smallest absolute Gasteiger partial charge is 0.323 e. The van der Waals surface area contributed by atoms with Gasteiger partial charge in [-0.25, -0.2) is 14.5 Å². The monoisotopic (exact) mass is 596 g/mol. The first-order valence-electron chi connectivity index (χ1n) is 15.2. The summed E-state index contributed by atoms with van der Waals surface area (Å²) in [4.78, 5) is 22.1. The first-order valence-corrected chi connectivity index (χ1v) is 19.0. The number of aromatic nitrogens is 5. The molecule has 3 aromatic heterocycles. The van der Waals surface area contributed by atoms with Crippen LogP contribution in [0.2, 0.25) is 25.7 Å². The van der Waals surface area contributed by atoms with Gasteiger partial charge >= 0.3 is 6.03 Å². The summed E-state index contributed by atoms with van der Waals surface area (Å²) in [6.07, 6.45) is 6.50. The Morgan fingerprint density at radius 1 is 1.17 bits per heavy atom. The Balaban J connectivity index is 1.15. The van der Waals surface area contributed by atoms with Crippen LogP contribution in [0, 0.1) is 0 Å². The third-order valence-corrected chi connectivity index (χ3v) is 10.1. The number of amides is 2. The SMILES string of the molecule is CN(C(=O)Nc1cc(C(C)(C)C)n([C@@H]2CCOC2)n1)C1CCN(c2cnc3c(cnn3COCC[Si](C)(C)C)c2)CC1. The molecule has 0 spiro atoms. The lowest BCUT2D eigenvalue weighted by atomic mass is 9.91. The Hall–Kier alpha value is -2.96. The first-order chi connectivity index (χ1) is 19.9. The van der Waals surface area contributed by atoms with Crippen LogP contribution in [0.15, 0.2) is 24.5 Å². The number of rotatable bonds is 9. The number of hydrogen-bond acceptors (Lipinski definition) is 7. The third kappa shape index (κ3) is 7.15. The number of nitrogens with zero attached hydrogens (tertiary/aromatic N) is 7. The van der Waals surface area contributed by atoms with E-state index in [-0.39, 0.29) is 23.5 Å². The van der Waals surface area contributed by atoms with Gasteiger partial charge < -0.3 is 19.3 Å². The number of piperidine rings is 1. The van der Waals surface area contributed by atoms with Crippen molar-refractivity contribution >= 4 is 36.6 Å². The van der Waals surface area contributed by atoms with Crippen LogP contribution in [0.5, 0.6) is 0 Å². The summed E-state index contributed by atoms with van der Waals surface area (Å²) in [7, 11) is 0.768. The Kier molecular flexibility index (Phi) is 8.96. The quantitative estimate of drug-likeness (QED) is 0.263. The predicted molar refractivity (Wildman–Crippen MR) is 169 cm³/mol. The number of carbonyl (C=O) groups is 1. The molecule has 0 bridgehead atoms. The van der Waals surface area contributed by atoms with Crippen LogP contribution >= 0.6 is 0 Å². The van der Waals surface area contributed by atoms with Gasteiger partial charge in [-0.05, 0) is 31.4 Å². The summed E-state index contributed by atoms with van der Waals surface area (Å²) in [6, 6.07) is 5.55. The van der Waals surface area contributed by atoms with Gasteiger partial charge in [-0.3, -0.25) is 10.00 Å². The molecule has 42 heavy (non-hydrogen) atoms. The highest BCUT2D eigenvalue weighted by Crippen LogP contribution is 2.31. The molecule has 230 valence electrons. The van der Waals surface area contributed by atoms with Crippen molar-refractivity contribution in [2.45, 2.75) is 89.9 Å². The molecule has 2 aliphatic heterocycles. The fourth-order valence-corrected chi connectivity index (χ4v) is 6.40. The first kappa shape index (κ1) is 30.5. The normalized spacial score (nSPS) is 18.6. The van der Waals surface area contributed by atoms with Crippen LogP contribution in [0.4, 0.5) is 16.3 Å². The molecule has 12 heteroatoms. The Morgan fingerprint density at radius 3 is 2.60 bits per heavy atom.